The van der Waals surface area contributed by atoms with Gasteiger partial charge in [0.1, 0.15) is 12.0 Å². The average molecular weight is 264 g/mol. The second-order valence-corrected chi connectivity index (χ2v) is 3.80. The van der Waals surface area contributed by atoms with E-state index in [0.29, 0.717) is 28.8 Å². The minimum Gasteiger partial charge on any atom is -0.493 e. The van der Waals surface area contributed by atoms with E-state index in [1.807, 2.05) is 0 Å². The van der Waals surface area contributed by atoms with Crippen LogP contribution in [0, 0.1) is 0 Å². The van der Waals surface area contributed by atoms with Crippen molar-refractivity contribution in [2.24, 2.45) is 0 Å². The molecule has 0 aliphatic carbocycles. The number of imidazole rings is 1. The molecule has 0 radical (unpaired) electrons. The van der Waals surface area contributed by atoms with Gasteiger partial charge in [-0.05, 0) is 12.1 Å². The van der Waals surface area contributed by atoms with Gasteiger partial charge in [-0.2, -0.15) is 0 Å². The molecule has 0 fully saturated rings. The molecule has 7 heteroatoms. The fraction of sp³-hybridized carbons (Fsp3) is 0.250. The molecule has 0 spiro atoms. The molecule has 0 aliphatic rings. The number of nitrogen functional groups attached to an aromatic ring is 2. The van der Waals surface area contributed by atoms with E-state index in [4.69, 9.17) is 25.8 Å². The van der Waals surface area contributed by atoms with Gasteiger partial charge < -0.3 is 25.8 Å². The van der Waals surface area contributed by atoms with Crippen LogP contribution in [-0.4, -0.2) is 31.0 Å². The van der Waals surface area contributed by atoms with Crippen molar-refractivity contribution in [2.45, 2.75) is 0 Å². The predicted octanol–water partition coefficient (Wildman–Crippen LogP) is 0.872. The van der Waals surface area contributed by atoms with Gasteiger partial charge in [0.25, 0.3) is 0 Å². The SMILES string of the molecule is COc1cc(-c2ncn(N)c2N)cc(OC)c1OC. The number of rotatable bonds is 4. The lowest BCUT2D eigenvalue weighted by Gasteiger charge is -2.13. The Morgan fingerprint density at radius 3 is 2.00 bits per heavy atom. The number of nitrogens with two attached hydrogens (primary N) is 2. The standard InChI is InChI=1S/C12H16N4O3/c1-17-8-4-7(5-9(18-2)11(8)19-3)10-12(13)16(14)6-15-10/h4-6H,13-14H2,1-3H3. The van der Waals surface area contributed by atoms with Gasteiger partial charge in [0.2, 0.25) is 5.75 Å². The first-order valence-corrected chi connectivity index (χ1v) is 5.50. The minimum atomic E-state index is 0.356. The van der Waals surface area contributed by atoms with E-state index in [1.165, 1.54) is 11.0 Å². The molecule has 0 amide bonds. The summed E-state index contributed by atoms with van der Waals surface area (Å²) in [5, 5.41) is 0. The number of hydrogen-bond donors (Lipinski definition) is 2. The van der Waals surface area contributed by atoms with Crippen LogP contribution in [0.1, 0.15) is 0 Å². The van der Waals surface area contributed by atoms with Gasteiger partial charge in [0, 0.05) is 5.56 Å². The second kappa shape index (κ2) is 4.97. The Hall–Kier alpha value is -2.57. The van der Waals surface area contributed by atoms with Crippen molar-refractivity contribution in [3.05, 3.63) is 18.5 Å². The highest BCUT2D eigenvalue weighted by Crippen LogP contribution is 2.41. The third-order valence-electron chi connectivity index (χ3n) is 2.77. The maximum absolute atomic E-state index is 5.85. The smallest absolute Gasteiger partial charge is 0.203 e. The van der Waals surface area contributed by atoms with E-state index in [2.05, 4.69) is 4.98 Å². The Kier molecular flexibility index (Phi) is 3.37. The molecule has 102 valence electrons. The molecule has 0 unspecified atom stereocenters. The Bertz CT molecular complexity index is 570. The van der Waals surface area contributed by atoms with E-state index in [0.717, 1.165) is 5.56 Å². The van der Waals surface area contributed by atoms with Crippen molar-refractivity contribution in [3.8, 4) is 28.5 Å². The van der Waals surface area contributed by atoms with Gasteiger partial charge in [0.05, 0.1) is 21.3 Å². The number of aromatic nitrogens is 2. The Morgan fingerprint density at radius 2 is 1.63 bits per heavy atom. The molecule has 2 rings (SSSR count). The van der Waals surface area contributed by atoms with Crippen molar-refractivity contribution in [1.29, 1.82) is 0 Å². The molecule has 7 nitrogen and oxygen atoms in total. The molecule has 1 aromatic heterocycles. The van der Waals surface area contributed by atoms with Crippen molar-refractivity contribution < 1.29 is 14.2 Å². The van der Waals surface area contributed by atoms with Crippen LogP contribution in [0.15, 0.2) is 18.5 Å². The fourth-order valence-corrected chi connectivity index (χ4v) is 1.81. The van der Waals surface area contributed by atoms with Crippen molar-refractivity contribution >= 4 is 5.82 Å². The van der Waals surface area contributed by atoms with Crippen LogP contribution in [0.2, 0.25) is 0 Å². The number of nitrogens with zero attached hydrogens (tertiary/aromatic N) is 2. The first-order valence-electron chi connectivity index (χ1n) is 5.50. The molecule has 2 aromatic rings. The van der Waals surface area contributed by atoms with E-state index in [-0.39, 0.29) is 0 Å². The lowest BCUT2D eigenvalue weighted by Crippen LogP contribution is -2.10. The van der Waals surface area contributed by atoms with Crippen LogP contribution in [0.3, 0.4) is 0 Å². The van der Waals surface area contributed by atoms with E-state index in [9.17, 15) is 0 Å². The highest BCUT2D eigenvalue weighted by molar-refractivity contribution is 5.75. The average Bonchev–Trinajstić information content (AvgIpc) is 2.77. The number of ether oxygens (including phenoxy) is 3. The van der Waals surface area contributed by atoms with Crippen molar-refractivity contribution in [1.82, 2.24) is 9.66 Å². The summed E-state index contributed by atoms with van der Waals surface area (Å²) in [6, 6.07) is 3.53. The first-order chi connectivity index (χ1) is 9.12. The molecule has 1 heterocycles. The quantitative estimate of drug-likeness (QED) is 0.795. The maximum atomic E-state index is 5.85. The summed E-state index contributed by atoms with van der Waals surface area (Å²) in [6.45, 7) is 0. The third-order valence-corrected chi connectivity index (χ3v) is 2.77. The van der Waals surface area contributed by atoms with Gasteiger partial charge in [0.15, 0.2) is 17.3 Å². The topological polar surface area (TPSA) is 97.6 Å². The van der Waals surface area contributed by atoms with Crippen LogP contribution in [0.4, 0.5) is 5.82 Å². The van der Waals surface area contributed by atoms with Crippen LogP contribution in [0.5, 0.6) is 17.2 Å². The summed E-state index contributed by atoms with van der Waals surface area (Å²) >= 11 is 0. The van der Waals surface area contributed by atoms with E-state index in [1.54, 1.807) is 33.5 Å². The third kappa shape index (κ3) is 2.10. The highest BCUT2D eigenvalue weighted by atomic mass is 16.5. The van der Waals surface area contributed by atoms with Gasteiger partial charge in [-0.15, -0.1) is 0 Å². The van der Waals surface area contributed by atoms with Gasteiger partial charge in [-0.3, -0.25) is 0 Å². The molecule has 4 N–H and O–H groups in total. The number of benzene rings is 1. The second-order valence-electron chi connectivity index (χ2n) is 3.80. The molecular formula is C12H16N4O3. The zero-order chi connectivity index (χ0) is 14.0. The molecule has 1 aromatic carbocycles. The number of methoxy groups -OCH3 is 3. The van der Waals surface area contributed by atoms with Gasteiger partial charge in [-0.25, -0.2) is 9.66 Å². The van der Waals surface area contributed by atoms with E-state index < -0.39 is 0 Å². The summed E-state index contributed by atoms with van der Waals surface area (Å²) < 4.78 is 17.1. The van der Waals surface area contributed by atoms with Gasteiger partial charge >= 0.3 is 0 Å². The van der Waals surface area contributed by atoms with E-state index >= 15 is 0 Å². The van der Waals surface area contributed by atoms with Crippen molar-refractivity contribution in [2.75, 3.05) is 32.9 Å². The van der Waals surface area contributed by atoms with Crippen LogP contribution < -0.4 is 25.8 Å². The number of anilines is 1. The highest BCUT2D eigenvalue weighted by Gasteiger charge is 2.17. The molecule has 0 aliphatic heterocycles. The molecule has 0 saturated carbocycles. The molecule has 19 heavy (non-hydrogen) atoms. The van der Waals surface area contributed by atoms with Crippen LogP contribution >= 0.6 is 0 Å². The molecule has 0 bridgehead atoms. The van der Waals surface area contributed by atoms with Crippen LogP contribution in [-0.2, 0) is 0 Å². The minimum absolute atomic E-state index is 0.356. The number of hydrogen-bond acceptors (Lipinski definition) is 6. The summed E-state index contributed by atoms with van der Waals surface area (Å²) in [7, 11) is 4.64. The fourth-order valence-electron chi connectivity index (χ4n) is 1.81. The van der Waals surface area contributed by atoms with Crippen molar-refractivity contribution in [3.63, 3.8) is 0 Å². The monoisotopic (exact) mass is 264 g/mol. The Balaban J connectivity index is 2.62. The predicted molar refractivity (Wildman–Crippen MR) is 71.9 cm³/mol. The molecule has 0 atom stereocenters. The summed E-state index contributed by atoms with van der Waals surface area (Å²) in [5.74, 6) is 7.55. The van der Waals surface area contributed by atoms with Crippen LogP contribution in [0.25, 0.3) is 11.3 Å². The summed E-state index contributed by atoms with van der Waals surface area (Å²) in [6.07, 6.45) is 1.44. The summed E-state index contributed by atoms with van der Waals surface area (Å²) in [5.41, 5.74) is 7.14. The Labute approximate surface area is 110 Å². The zero-order valence-corrected chi connectivity index (χ0v) is 11.0. The normalized spacial score (nSPS) is 10.3. The maximum Gasteiger partial charge on any atom is 0.203 e. The first kappa shape index (κ1) is 12.9. The molecule has 0 saturated heterocycles. The Morgan fingerprint density at radius 1 is 1.05 bits per heavy atom. The zero-order valence-electron chi connectivity index (χ0n) is 11.0. The van der Waals surface area contributed by atoms with Gasteiger partial charge in [-0.1, -0.05) is 0 Å². The summed E-state index contributed by atoms with van der Waals surface area (Å²) in [4.78, 5) is 4.15. The lowest BCUT2D eigenvalue weighted by molar-refractivity contribution is 0.324. The lowest BCUT2D eigenvalue weighted by atomic mass is 10.1. The largest absolute Gasteiger partial charge is 0.493 e. The molecular weight excluding hydrogens is 248 g/mol.